The fourth-order valence-electron chi connectivity index (χ4n) is 2.53. The van der Waals surface area contributed by atoms with E-state index in [2.05, 4.69) is 19.6 Å². The molecule has 9 heteroatoms. The van der Waals surface area contributed by atoms with Gasteiger partial charge in [0.05, 0.1) is 0 Å². The van der Waals surface area contributed by atoms with Gasteiger partial charge in [-0.25, -0.2) is 18.1 Å². The van der Waals surface area contributed by atoms with Crippen LogP contribution in [0.1, 0.15) is 18.7 Å². The van der Waals surface area contributed by atoms with Gasteiger partial charge in [0.15, 0.2) is 0 Å². The number of aromatic nitrogens is 2. The number of rotatable bonds is 7. The highest BCUT2D eigenvalue weighted by molar-refractivity contribution is 7.91. The van der Waals surface area contributed by atoms with Gasteiger partial charge in [-0.2, -0.15) is 4.98 Å². The molecule has 0 bridgehead atoms. The van der Waals surface area contributed by atoms with Crippen molar-refractivity contribution in [3.8, 4) is 5.88 Å². The molecule has 0 amide bonds. The van der Waals surface area contributed by atoms with Crippen molar-refractivity contribution < 1.29 is 13.2 Å². The van der Waals surface area contributed by atoms with E-state index in [-0.39, 0.29) is 13.2 Å². The minimum atomic E-state index is -3.45. The quantitative estimate of drug-likeness (QED) is 0.750. The van der Waals surface area contributed by atoms with E-state index in [9.17, 15) is 8.42 Å². The number of sulfonamides is 1. The zero-order valence-corrected chi connectivity index (χ0v) is 15.1. The van der Waals surface area contributed by atoms with Crippen LogP contribution >= 0.6 is 11.3 Å². The van der Waals surface area contributed by atoms with Crippen LogP contribution in [-0.2, 0) is 10.0 Å². The van der Waals surface area contributed by atoms with Crippen molar-refractivity contribution in [1.82, 2.24) is 14.7 Å². The van der Waals surface area contributed by atoms with E-state index in [1.165, 1.54) is 24.2 Å². The van der Waals surface area contributed by atoms with Crippen molar-refractivity contribution in [2.75, 3.05) is 31.1 Å². The maximum Gasteiger partial charge on any atom is 0.250 e. The summed E-state index contributed by atoms with van der Waals surface area (Å²) in [5.41, 5.74) is 0. The lowest BCUT2D eigenvalue weighted by molar-refractivity contribution is 0.309. The summed E-state index contributed by atoms with van der Waals surface area (Å²) in [5.74, 6) is 1.99. The molecule has 0 atom stereocenters. The molecule has 1 N–H and O–H groups in total. The third kappa shape index (κ3) is 4.22. The van der Waals surface area contributed by atoms with Gasteiger partial charge in [-0.15, -0.1) is 11.3 Å². The maximum atomic E-state index is 12.0. The Morgan fingerprint density at radius 3 is 2.83 bits per heavy atom. The molecular formula is C15H20N4O3S2. The van der Waals surface area contributed by atoms with Crippen molar-refractivity contribution in [1.29, 1.82) is 0 Å². The number of ether oxygens (including phenoxy) is 1. The fourth-order valence-corrected chi connectivity index (χ4v) is 4.58. The fraction of sp³-hybridized carbons (Fsp3) is 0.467. The molecule has 3 rings (SSSR count). The molecule has 3 heterocycles. The lowest BCUT2D eigenvalue weighted by Crippen LogP contribution is -2.28. The molecule has 1 aliphatic heterocycles. The Bertz CT molecular complexity index is 772. The minimum absolute atomic E-state index is 0.183. The Hall–Kier alpha value is -1.71. The van der Waals surface area contributed by atoms with Crippen LogP contribution in [-0.4, -0.2) is 44.6 Å². The van der Waals surface area contributed by atoms with Crippen molar-refractivity contribution in [2.24, 2.45) is 0 Å². The predicted octanol–water partition coefficient (Wildman–Crippen LogP) is 1.80. The van der Waals surface area contributed by atoms with E-state index >= 15 is 0 Å². The first-order valence-corrected chi connectivity index (χ1v) is 10.2. The van der Waals surface area contributed by atoms with E-state index < -0.39 is 10.0 Å². The topological polar surface area (TPSA) is 84.4 Å². The second kappa shape index (κ2) is 7.45. The summed E-state index contributed by atoms with van der Waals surface area (Å²) in [5, 5.41) is 1.73. The summed E-state index contributed by atoms with van der Waals surface area (Å²) < 4.78 is 32.4. The number of nitrogens with one attached hydrogen (secondary N) is 1. The first-order chi connectivity index (χ1) is 11.5. The Morgan fingerprint density at radius 2 is 2.12 bits per heavy atom. The Labute approximate surface area is 145 Å². The standard InChI is InChI=1S/C15H20N4O3S2/c1-12-17-13(19-7-2-3-8-19)11-14(18-12)22-9-6-16-24(20,21)15-5-4-10-23-15/h4-5,10-11,16H,2-3,6-9H2,1H3. The van der Waals surface area contributed by atoms with Gasteiger partial charge in [-0.05, 0) is 31.2 Å². The average Bonchev–Trinajstić information content (AvgIpc) is 3.23. The zero-order valence-electron chi connectivity index (χ0n) is 13.4. The highest BCUT2D eigenvalue weighted by Gasteiger charge is 2.16. The van der Waals surface area contributed by atoms with Crippen LogP contribution in [0, 0.1) is 6.92 Å². The van der Waals surface area contributed by atoms with Crippen molar-refractivity contribution in [3.05, 3.63) is 29.4 Å². The smallest absolute Gasteiger partial charge is 0.250 e. The average molecular weight is 368 g/mol. The van der Waals surface area contributed by atoms with Crippen LogP contribution in [0.3, 0.4) is 0 Å². The van der Waals surface area contributed by atoms with E-state index in [0.717, 1.165) is 18.9 Å². The van der Waals surface area contributed by atoms with Gasteiger partial charge in [-0.1, -0.05) is 6.07 Å². The molecule has 0 aliphatic carbocycles. The van der Waals surface area contributed by atoms with Gasteiger partial charge in [0.1, 0.15) is 22.5 Å². The normalized spacial score (nSPS) is 15.0. The molecule has 2 aromatic rings. The summed E-state index contributed by atoms with van der Waals surface area (Å²) in [6.07, 6.45) is 2.34. The Balaban J connectivity index is 1.55. The molecule has 0 unspecified atom stereocenters. The molecule has 7 nitrogen and oxygen atoms in total. The molecule has 130 valence electrons. The second-order valence-electron chi connectivity index (χ2n) is 5.48. The number of hydrogen-bond acceptors (Lipinski definition) is 7. The van der Waals surface area contributed by atoms with Crippen molar-refractivity contribution in [2.45, 2.75) is 24.0 Å². The van der Waals surface area contributed by atoms with Crippen LogP contribution in [0.4, 0.5) is 5.82 Å². The lowest BCUT2D eigenvalue weighted by atomic mass is 10.4. The van der Waals surface area contributed by atoms with Crippen LogP contribution in [0.25, 0.3) is 0 Å². The number of aryl methyl sites for hydroxylation is 1. The lowest BCUT2D eigenvalue weighted by Gasteiger charge is -2.17. The van der Waals surface area contributed by atoms with E-state index in [1.54, 1.807) is 17.5 Å². The predicted molar refractivity (Wildman–Crippen MR) is 93.2 cm³/mol. The molecular weight excluding hydrogens is 348 g/mol. The Kier molecular flexibility index (Phi) is 5.32. The van der Waals surface area contributed by atoms with Crippen LogP contribution in [0.5, 0.6) is 5.88 Å². The molecule has 24 heavy (non-hydrogen) atoms. The molecule has 0 saturated carbocycles. The summed E-state index contributed by atoms with van der Waals surface area (Å²) >= 11 is 1.18. The monoisotopic (exact) mass is 368 g/mol. The first kappa shape index (κ1) is 17.1. The van der Waals surface area contributed by atoms with Gasteiger partial charge in [-0.3, -0.25) is 0 Å². The molecule has 1 saturated heterocycles. The van der Waals surface area contributed by atoms with Gasteiger partial charge in [0.25, 0.3) is 0 Å². The second-order valence-corrected chi connectivity index (χ2v) is 8.43. The first-order valence-electron chi connectivity index (χ1n) is 7.81. The molecule has 2 aromatic heterocycles. The van der Waals surface area contributed by atoms with Crippen LogP contribution < -0.4 is 14.4 Å². The number of anilines is 1. The number of nitrogens with zero attached hydrogens (tertiary/aromatic N) is 3. The van der Waals surface area contributed by atoms with Gasteiger partial charge >= 0.3 is 0 Å². The highest BCUT2D eigenvalue weighted by Crippen LogP contribution is 2.21. The van der Waals surface area contributed by atoms with Crippen LogP contribution in [0.15, 0.2) is 27.8 Å². The highest BCUT2D eigenvalue weighted by atomic mass is 32.2. The Morgan fingerprint density at radius 1 is 1.33 bits per heavy atom. The molecule has 0 aromatic carbocycles. The largest absolute Gasteiger partial charge is 0.476 e. The minimum Gasteiger partial charge on any atom is -0.476 e. The summed E-state index contributed by atoms with van der Waals surface area (Å²) in [4.78, 5) is 10.9. The van der Waals surface area contributed by atoms with Crippen molar-refractivity contribution >= 4 is 27.2 Å². The summed E-state index contributed by atoms with van der Waals surface area (Å²) in [7, 11) is -3.45. The molecule has 1 fully saturated rings. The van der Waals surface area contributed by atoms with E-state index in [4.69, 9.17) is 4.74 Å². The summed E-state index contributed by atoms with van der Waals surface area (Å²) in [6, 6.07) is 5.09. The molecule has 0 spiro atoms. The van der Waals surface area contributed by atoms with E-state index in [0.29, 0.717) is 15.9 Å². The third-order valence-corrected chi connectivity index (χ3v) is 6.49. The molecule has 1 aliphatic rings. The number of thiophene rings is 1. The maximum absolute atomic E-state index is 12.0. The summed E-state index contributed by atoms with van der Waals surface area (Å²) in [6.45, 7) is 4.21. The van der Waals surface area contributed by atoms with E-state index in [1.807, 2.05) is 13.0 Å². The SMILES string of the molecule is Cc1nc(OCCNS(=O)(=O)c2cccs2)cc(N2CCCC2)n1. The van der Waals surface area contributed by atoms with Crippen molar-refractivity contribution in [3.63, 3.8) is 0 Å². The third-order valence-electron chi connectivity index (χ3n) is 3.64. The van der Waals surface area contributed by atoms with Gasteiger partial charge in [0, 0.05) is 25.7 Å². The zero-order chi connectivity index (χ0) is 17.0. The number of hydrogen-bond donors (Lipinski definition) is 1. The van der Waals surface area contributed by atoms with Crippen LogP contribution in [0.2, 0.25) is 0 Å². The van der Waals surface area contributed by atoms with Gasteiger partial charge < -0.3 is 9.64 Å². The van der Waals surface area contributed by atoms with Gasteiger partial charge in [0.2, 0.25) is 15.9 Å². The molecule has 0 radical (unpaired) electrons.